The molecule has 1 fully saturated rings. The fourth-order valence-electron chi connectivity index (χ4n) is 3.95. The van der Waals surface area contributed by atoms with E-state index in [9.17, 15) is 0 Å². The Labute approximate surface area is 166 Å². The van der Waals surface area contributed by atoms with Crippen molar-refractivity contribution in [1.29, 1.82) is 0 Å². The van der Waals surface area contributed by atoms with Crippen LogP contribution in [0.5, 0.6) is 0 Å². The zero-order chi connectivity index (χ0) is 19.7. The van der Waals surface area contributed by atoms with Crippen LogP contribution in [0.15, 0.2) is 42.2 Å². The van der Waals surface area contributed by atoms with Gasteiger partial charge in [0.05, 0.1) is 6.20 Å². The van der Waals surface area contributed by atoms with Gasteiger partial charge < -0.3 is 4.90 Å². The maximum atomic E-state index is 4.87. The first kappa shape index (κ1) is 18.4. The van der Waals surface area contributed by atoms with Gasteiger partial charge in [0, 0.05) is 36.5 Å². The summed E-state index contributed by atoms with van der Waals surface area (Å²) in [4.78, 5) is 11.8. The van der Waals surface area contributed by atoms with Gasteiger partial charge in [-0.15, -0.1) is 0 Å². The molecule has 1 aliphatic heterocycles. The first-order chi connectivity index (χ1) is 13.5. The van der Waals surface area contributed by atoms with Crippen LogP contribution in [0.3, 0.4) is 0 Å². The monoisotopic (exact) mass is 373 g/mol. The summed E-state index contributed by atoms with van der Waals surface area (Å²) in [5, 5.41) is 7.23. The van der Waals surface area contributed by atoms with Gasteiger partial charge in [0.25, 0.3) is 0 Å². The van der Waals surface area contributed by atoms with Crippen molar-refractivity contribution in [2.45, 2.75) is 40.0 Å². The van der Waals surface area contributed by atoms with E-state index in [1.165, 1.54) is 28.0 Å². The Hall–Kier alpha value is -2.95. The quantitative estimate of drug-likeness (QED) is 0.707. The molecule has 2 aromatic heterocycles. The van der Waals surface area contributed by atoms with Crippen LogP contribution in [0.25, 0.3) is 17.5 Å². The third kappa shape index (κ3) is 3.70. The highest BCUT2D eigenvalue weighted by atomic mass is 15.2. The van der Waals surface area contributed by atoms with E-state index in [1.54, 1.807) is 0 Å². The van der Waals surface area contributed by atoms with E-state index in [2.05, 4.69) is 72.1 Å². The molecular formula is C23H27N5. The second-order valence-corrected chi connectivity index (χ2v) is 7.91. The topological polar surface area (TPSA) is 57.7 Å². The Morgan fingerprint density at radius 3 is 2.79 bits per heavy atom. The zero-order valence-electron chi connectivity index (χ0n) is 17.0. The number of aryl methyl sites for hydroxylation is 2. The van der Waals surface area contributed by atoms with Gasteiger partial charge in [-0.3, -0.25) is 5.10 Å². The number of anilines is 1. The van der Waals surface area contributed by atoms with Gasteiger partial charge in [0.2, 0.25) is 0 Å². The molecule has 1 atom stereocenters. The van der Waals surface area contributed by atoms with Gasteiger partial charge in [0.1, 0.15) is 5.82 Å². The minimum absolute atomic E-state index is 0.503. The number of benzene rings is 1. The maximum absolute atomic E-state index is 4.87. The minimum atomic E-state index is 0.503. The third-order valence-corrected chi connectivity index (χ3v) is 5.43. The van der Waals surface area contributed by atoms with E-state index in [1.807, 2.05) is 18.5 Å². The third-order valence-electron chi connectivity index (χ3n) is 5.43. The Bertz CT molecular complexity index is 1010. The SMILES string of the molecule is CC(C)=Cc1ccc(-c2nccc(N3CCC(c4cn[nH]c4C)C3)n2)cc1C. The molecule has 28 heavy (non-hydrogen) atoms. The number of hydrogen-bond acceptors (Lipinski definition) is 4. The molecule has 0 amide bonds. The second kappa shape index (κ2) is 7.58. The van der Waals surface area contributed by atoms with E-state index in [0.29, 0.717) is 5.92 Å². The first-order valence-corrected chi connectivity index (χ1v) is 9.85. The van der Waals surface area contributed by atoms with E-state index in [0.717, 1.165) is 36.7 Å². The van der Waals surface area contributed by atoms with Gasteiger partial charge in [-0.2, -0.15) is 5.10 Å². The number of aromatic nitrogens is 4. The van der Waals surface area contributed by atoms with Crippen LogP contribution in [-0.2, 0) is 0 Å². The van der Waals surface area contributed by atoms with Crippen LogP contribution in [0.1, 0.15) is 48.6 Å². The number of hydrogen-bond donors (Lipinski definition) is 1. The summed E-state index contributed by atoms with van der Waals surface area (Å²) in [6.07, 6.45) is 7.16. The van der Waals surface area contributed by atoms with Gasteiger partial charge in [0.15, 0.2) is 5.82 Å². The van der Waals surface area contributed by atoms with Crippen LogP contribution in [0.2, 0.25) is 0 Å². The minimum Gasteiger partial charge on any atom is -0.356 e. The average Bonchev–Trinajstić information content (AvgIpc) is 3.32. The van der Waals surface area contributed by atoms with Gasteiger partial charge in [-0.1, -0.05) is 23.8 Å². The molecule has 1 saturated heterocycles. The van der Waals surface area contributed by atoms with Crippen LogP contribution in [-0.4, -0.2) is 33.3 Å². The molecule has 0 bridgehead atoms. The van der Waals surface area contributed by atoms with E-state index < -0.39 is 0 Å². The number of H-pyrrole nitrogens is 1. The molecule has 144 valence electrons. The highest BCUT2D eigenvalue weighted by Gasteiger charge is 2.27. The summed E-state index contributed by atoms with van der Waals surface area (Å²) in [6.45, 7) is 10.4. The maximum Gasteiger partial charge on any atom is 0.161 e. The van der Waals surface area contributed by atoms with Crippen molar-refractivity contribution >= 4 is 11.9 Å². The summed E-state index contributed by atoms with van der Waals surface area (Å²) in [6, 6.07) is 8.46. The summed E-state index contributed by atoms with van der Waals surface area (Å²) < 4.78 is 0. The van der Waals surface area contributed by atoms with Crippen molar-refractivity contribution in [2.75, 3.05) is 18.0 Å². The first-order valence-electron chi connectivity index (χ1n) is 9.85. The fourth-order valence-corrected chi connectivity index (χ4v) is 3.95. The summed E-state index contributed by atoms with van der Waals surface area (Å²) in [5.74, 6) is 2.29. The fraction of sp³-hybridized carbons (Fsp3) is 0.348. The van der Waals surface area contributed by atoms with E-state index in [4.69, 9.17) is 4.98 Å². The molecule has 0 saturated carbocycles. The van der Waals surface area contributed by atoms with Crippen molar-refractivity contribution in [3.63, 3.8) is 0 Å². The lowest BCUT2D eigenvalue weighted by molar-refractivity contribution is 0.768. The highest BCUT2D eigenvalue weighted by molar-refractivity contribution is 5.64. The molecule has 4 rings (SSSR count). The molecule has 5 heteroatoms. The average molecular weight is 374 g/mol. The Morgan fingerprint density at radius 2 is 2.07 bits per heavy atom. The molecule has 1 unspecified atom stereocenters. The molecule has 1 N–H and O–H groups in total. The van der Waals surface area contributed by atoms with Gasteiger partial charge in [-0.05, 0) is 62.9 Å². The molecule has 1 aromatic carbocycles. The highest BCUT2D eigenvalue weighted by Crippen LogP contribution is 2.31. The second-order valence-electron chi connectivity index (χ2n) is 7.91. The van der Waals surface area contributed by atoms with Gasteiger partial charge in [-0.25, -0.2) is 9.97 Å². The number of rotatable bonds is 4. The summed E-state index contributed by atoms with van der Waals surface area (Å²) >= 11 is 0. The summed E-state index contributed by atoms with van der Waals surface area (Å²) in [7, 11) is 0. The lowest BCUT2D eigenvalue weighted by Crippen LogP contribution is -2.20. The molecular weight excluding hydrogens is 346 g/mol. The van der Waals surface area contributed by atoms with Crippen LogP contribution in [0.4, 0.5) is 5.82 Å². The predicted molar refractivity (Wildman–Crippen MR) is 114 cm³/mol. The normalized spacial score (nSPS) is 16.4. The molecule has 0 spiro atoms. The Morgan fingerprint density at radius 1 is 1.21 bits per heavy atom. The molecule has 5 nitrogen and oxygen atoms in total. The Balaban J connectivity index is 1.56. The van der Waals surface area contributed by atoms with Crippen molar-refractivity contribution in [3.8, 4) is 11.4 Å². The molecule has 1 aliphatic rings. The zero-order valence-corrected chi connectivity index (χ0v) is 17.0. The number of nitrogens with one attached hydrogen (secondary N) is 1. The molecule has 3 heterocycles. The standard InChI is InChI=1S/C23H27N5/c1-15(2)11-18-5-6-19(12-16(18)3)23-24-9-7-22(26-23)28-10-8-20(14-28)21-13-25-27-17(21)4/h5-7,9,11-13,20H,8,10,14H2,1-4H3,(H,25,27). The smallest absolute Gasteiger partial charge is 0.161 e. The van der Waals surface area contributed by atoms with Crippen LogP contribution < -0.4 is 4.90 Å². The summed E-state index contributed by atoms with van der Waals surface area (Å²) in [5.41, 5.74) is 7.34. The molecule has 0 radical (unpaired) electrons. The predicted octanol–water partition coefficient (Wildman–Crippen LogP) is 4.90. The number of nitrogens with zero attached hydrogens (tertiary/aromatic N) is 4. The molecule has 3 aromatic rings. The van der Waals surface area contributed by atoms with E-state index in [-0.39, 0.29) is 0 Å². The van der Waals surface area contributed by atoms with Crippen molar-refractivity contribution in [2.24, 2.45) is 0 Å². The lowest BCUT2D eigenvalue weighted by atomic mass is 10.00. The largest absolute Gasteiger partial charge is 0.356 e. The van der Waals surface area contributed by atoms with Gasteiger partial charge >= 0.3 is 0 Å². The lowest BCUT2D eigenvalue weighted by Gasteiger charge is -2.18. The van der Waals surface area contributed by atoms with Crippen LogP contribution in [0, 0.1) is 13.8 Å². The Kier molecular flexibility index (Phi) is 4.99. The number of allylic oxidation sites excluding steroid dienone is 1. The van der Waals surface area contributed by atoms with E-state index >= 15 is 0 Å². The molecule has 0 aliphatic carbocycles. The number of aromatic amines is 1. The van der Waals surface area contributed by atoms with Crippen molar-refractivity contribution < 1.29 is 0 Å². The van der Waals surface area contributed by atoms with Crippen molar-refractivity contribution in [3.05, 3.63) is 64.6 Å². The van der Waals surface area contributed by atoms with Crippen LogP contribution >= 0.6 is 0 Å². The van der Waals surface area contributed by atoms with Crippen molar-refractivity contribution in [1.82, 2.24) is 20.2 Å².